The van der Waals surface area contributed by atoms with Crippen molar-refractivity contribution in [2.75, 3.05) is 6.61 Å². The molecule has 4 aliphatic carbocycles. The van der Waals surface area contributed by atoms with Gasteiger partial charge in [0.15, 0.2) is 11.5 Å². The topological polar surface area (TPSA) is 30.5 Å². The maximum absolute atomic E-state index is 6.32. The number of ether oxygens (including phenoxy) is 2. The summed E-state index contributed by atoms with van der Waals surface area (Å²) in [5.41, 5.74) is 2.88. The van der Waals surface area contributed by atoms with Crippen LogP contribution < -0.4 is 14.8 Å². The minimum atomic E-state index is 0.511. The van der Waals surface area contributed by atoms with E-state index < -0.39 is 0 Å². The fourth-order valence-corrected chi connectivity index (χ4v) is 7.05. The summed E-state index contributed by atoms with van der Waals surface area (Å²) in [6.45, 7) is 6.49. The fourth-order valence-electron chi connectivity index (χ4n) is 7.05. The van der Waals surface area contributed by atoms with Crippen LogP contribution >= 0.6 is 0 Å². The monoisotopic (exact) mass is 419 g/mol. The number of rotatable bonds is 9. The van der Waals surface area contributed by atoms with Gasteiger partial charge in [0.1, 0.15) is 6.61 Å². The van der Waals surface area contributed by atoms with Crippen LogP contribution in [0.1, 0.15) is 63.5 Å². The highest BCUT2D eigenvalue weighted by Crippen LogP contribution is 2.61. The molecule has 0 saturated heterocycles. The highest BCUT2D eigenvalue weighted by Gasteiger charge is 2.52. The SMILES string of the molecule is CCOc1cccc(CNC(C)C23CC4CC(CC(C4)C2)C3)c1OCc1ccccc1. The zero-order valence-corrected chi connectivity index (χ0v) is 19.1. The Kier molecular flexibility index (Phi) is 5.97. The average molecular weight is 420 g/mol. The summed E-state index contributed by atoms with van der Waals surface area (Å²) in [5, 5.41) is 3.93. The molecular weight excluding hydrogens is 382 g/mol. The van der Waals surface area contributed by atoms with Crippen LogP contribution in [0.25, 0.3) is 0 Å². The normalized spacial score (nSPS) is 29.7. The number of benzene rings is 2. The molecule has 0 amide bonds. The van der Waals surface area contributed by atoms with Crippen LogP contribution in [-0.4, -0.2) is 12.6 Å². The Morgan fingerprint density at radius 2 is 1.58 bits per heavy atom. The van der Waals surface area contributed by atoms with Crippen LogP contribution in [0.3, 0.4) is 0 Å². The fraction of sp³-hybridized carbons (Fsp3) is 0.571. The predicted molar refractivity (Wildman–Crippen MR) is 125 cm³/mol. The van der Waals surface area contributed by atoms with Gasteiger partial charge in [0, 0.05) is 18.2 Å². The minimum absolute atomic E-state index is 0.511. The lowest BCUT2D eigenvalue weighted by Gasteiger charge is -2.59. The quantitative estimate of drug-likeness (QED) is 0.513. The van der Waals surface area contributed by atoms with Crippen molar-refractivity contribution in [1.82, 2.24) is 5.32 Å². The van der Waals surface area contributed by atoms with E-state index in [1.807, 2.05) is 19.1 Å². The van der Waals surface area contributed by atoms with Gasteiger partial charge < -0.3 is 14.8 Å². The molecule has 4 bridgehead atoms. The van der Waals surface area contributed by atoms with Crippen molar-refractivity contribution in [3.8, 4) is 11.5 Å². The van der Waals surface area contributed by atoms with E-state index >= 15 is 0 Å². The maximum atomic E-state index is 6.32. The molecule has 3 heteroatoms. The molecule has 3 nitrogen and oxygen atoms in total. The Hall–Kier alpha value is -2.00. The van der Waals surface area contributed by atoms with Gasteiger partial charge in [-0.25, -0.2) is 0 Å². The molecule has 4 fully saturated rings. The molecule has 1 N–H and O–H groups in total. The van der Waals surface area contributed by atoms with E-state index in [0.29, 0.717) is 24.7 Å². The van der Waals surface area contributed by atoms with Gasteiger partial charge in [0.05, 0.1) is 6.61 Å². The summed E-state index contributed by atoms with van der Waals surface area (Å²) < 4.78 is 12.2. The Labute approximate surface area is 187 Å². The van der Waals surface area contributed by atoms with E-state index in [-0.39, 0.29) is 0 Å². The second-order valence-electron chi connectivity index (χ2n) is 10.3. The van der Waals surface area contributed by atoms with Gasteiger partial charge in [-0.05, 0) is 87.2 Å². The number of para-hydroxylation sites is 1. The largest absolute Gasteiger partial charge is 0.490 e. The third-order valence-electron chi connectivity index (χ3n) is 8.19. The second-order valence-corrected chi connectivity index (χ2v) is 10.3. The molecule has 1 unspecified atom stereocenters. The molecule has 2 aromatic carbocycles. The Bertz CT molecular complexity index is 843. The lowest BCUT2D eigenvalue weighted by Crippen LogP contribution is -2.54. The van der Waals surface area contributed by atoms with Crippen molar-refractivity contribution in [3.05, 3.63) is 59.7 Å². The summed E-state index contributed by atoms with van der Waals surface area (Å²) in [5.74, 6) is 4.70. The first-order chi connectivity index (χ1) is 15.1. The summed E-state index contributed by atoms with van der Waals surface area (Å²) in [6, 6.07) is 17.2. The molecular formula is C28H37NO2. The molecule has 166 valence electrons. The van der Waals surface area contributed by atoms with Crippen molar-refractivity contribution in [2.24, 2.45) is 23.2 Å². The smallest absolute Gasteiger partial charge is 0.166 e. The summed E-state index contributed by atoms with van der Waals surface area (Å²) in [4.78, 5) is 0. The molecule has 6 rings (SSSR count). The van der Waals surface area contributed by atoms with Gasteiger partial charge in [0.25, 0.3) is 0 Å². The zero-order valence-electron chi connectivity index (χ0n) is 19.1. The third-order valence-corrected chi connectivity index (χ3v) is 8.19. The highest BCUT2D eigenvalue weighted by atomic mass is 16.5. The standard InChI is InChI=1S/C28H37NO2/c1-3-30-26-11-7-10-25(27(26)31-19-21-8-5-4-6-9-21)18-29-20(2)28-15-22-12-23(16-28)14-24(13-22)17-28/h4-11,20,22-24,29H,3,12-19H2,1-2H3. The Morgan fingerprint density at radius 3 is 2.23 bits per heavy atom. The van der Waals surface area contributed by atoms with Gasteiger partial charge in [-0.1, -0.05) is 42.5 Å². The van der Waals surface area contributed by atoms with Crippen LogP contribution in [0.15, 0.2) is 48.5 Å². The molecule has 0 radical (unpaired) electrons. The minimum Gasteiger partial charge on any atom is -0.490 e. The lowest BCUT2D eigenvalue weighted by atomic mass is 9.48. The molecule has 0 spiro atoms. The number of hydrogen-bond donors (Lipinski definition) is 1. The van der Waals surface area contributed by atoms with Crippen molar-refractivity contribution in [3.63, 3.8) is 0 Å². The summed E-state index contributed by atoms with van der Waals surface area (Å²) >= 11 is 0. The molecule has 1 atom stereocenters. The summed E-state index contributed by atoms with van der Waals surface area (Å²) in [7, 11) is 0. The van der Waals surface area contributed by atoms with Crippen molar-refractivity contribution in [2.45, 2.75) is 71.6 Å². The first-order valence-corrected chi connectivity index (χ1v) is 12.3. The molecule has 4 aliphatic rings. The Balaban J connectivity index is 1.30. The van der Waals surface area contributed by atoms with Gasteiger partial charge in [-0.15, -0.1) is 0 Å². The predicted octanol–water partition coefficient (Wildman–Crippen LogP) is 6.36. The highest BCUT2D eigenvalue weighted by molar-refractivity contribution is 5.47. The van der Waals surface area contributed by atoms with Crippen molar-refractivity contribution in [1.29, 1.82) is 0 Å². The number of hydrogen-bond acceptors (Lipinski definition) is 3. The molecule has 0 aliphatic heterocycles. The average Bonchev–Trinajstić information content (AvgIpc) is 2.77. The van der Waals surface area contributed by atoms with E-state index in [1.54, 1.807) is 0 Å². The van der Waals surface area contributed by atoms with E-state index in [0.717, 1.165) is 35.8 Å². The van der Waals surface area contributed by atoms with Crippen LogP contribution in [0.5, 0.6) is 11.5 Å². The van der Waals surface area contributed by atoms with Crippen LogP contribution in [0.2, 0.25) is 0 Å². The van der Waals surface area contributed by atoms with E-state index in [4.69, 9.17) is 9.47 Å². The van der Waals surface area contributed by atoms with Crippen LogP contribution in [0, 0.1) is 23.2 Å². The van der Waals surface area contributed by atoms with E-state index in [1.165, 1.54) is 49.7 Å². The first kappa shape index (κ1) is 20.9. The maximum Gasteiger partial charge on any atom is 0.166 e. The van der Waals surface area contributed by atoms with Gasteiger partial charge in [-0.3, -0.25) is 0 Å². The first-order valence-electron chi connectivity index (χ1n) is 12.3. The third kappa shape index (κ3) is 4.35. The van der Waals surface area contributed by atoms with E-state index in [9.17, 15) is 0 Å². The lowest BCUT2D eigenvalue weighted by molar-refractivity contribution is -0.0706. The number of nitrogens with one attached hydrogen (secondary N) is 1. The summed E-state index contributed by atoms with van der Waals surface area (Å²) in [6.07, 6.45) is 8.80. The molecule has 0 heterocycles. The van der Waals surface area contributed by atoms with Gasteiger partial charge >= 0.3 is 0 Å². The molecule has 0 aromatic heterocycles. The van der Waals surface area contributed by atoms with E-state index in [2.05, 4.69) is 48.6 Å². The van der Waals surface area contributed by atoms with Gasteiger partial charge in [0.2, 0.25) is 0 Å². The molecule has 31 heavy (non-hydrogen) atoms. The van der Waals surface area contributed by atoms with Crippen molar-refractivity contribution < 1.29 is 9.47 Å². The van der Waals surface area contributed by atoms with Crippen molar-refractivity contribution >= 4 is 0 Å². The zero-order chi connectivity index (χ0) is 21.3. The second kappa shape index (κ2) is 8.86. The Morgan fingerprint density at radius 1 is 0.903 bits per heavy atom. The van der Waals surface area contributed by atoms with Crippen LogP contribution in [0.4, 0.5) is 0 Å². The molecule has 2 aromatic rings. The molecule has 4 saturated carbocycles. The van der Waals surface area contributed by atoms with Crippen LogP contribution in [-0.2, 0) is 13.2 Å². The van der Waals surface area contributed by atoms with Gasteiger partial charge in [-0.2, -0.15) is 0 Å².